The minimum absolute atomic E-state index is 0.0438. The van der Waals surface area contributed by atoms with E-state index in [1.165, 1.54) is 82.8 Å². The van der Waals surface area contributed by atoms with Gasteiger partial charge in [0.1, 0.15) is 6.10 Å². The Morgan fingerprint density at radius 3 is 2.28 bits per heavy atom. The highest BCUT2D eigenvalue weighted by atomic mass is 16.6. The summed E-state index contributed by atoms with van der Waals surface area (Å²) in [5.41, 5.74) is 5.80. The van der Waals surface area contributed by atoms with Crippen molar-refractivity contribution in [2.24, 2.45) is 63.1 Å². The topological polar surface area (TPSA) is 116 Å². The van der Waals surface area contributed by atoms with Crippen LogP contribution in [-0.4, -0.2) is 66.0 Å². The molecule has 68 heavy (non-hydrogen) atoms. The van der Waals surface area contributed by atoms with E-state index in [9.17, 15) is 24.0 Å². The summed E-state index contributed by atoms with van der Waals surface area (Å²) in [5.74, 6) is 6.04. The van der Waals surface area contributed by atoms with Crippen LogP contribution < -0.4 is 9.47 Å². The molecule has 2 aliphatic heterocycles. The fraction of sp³-hybridized carbons (Fsp3) is 0.678. The summed E-state index contributed by atoms with van der Waals surface area (Å²) in [6.07, 6.45) is 31.3. The molecule has 13 rings (SSSR count). The number of piperidine rings is 1. The number of likely N-dealkylation sites (N-methyl/N-ethyl adjacent to an activating group) is 1. The van der Waals surface area contributed by atoms with Gasteiger partial charge in [-0.25, -0.2) is 0 Å². The third kappa shape index (κ3) is 7.01. The van der Waals surface area contributed by atoms with Gasteiger partial charge in [-0.2, -0.15) is 0 Å². The number of allylic oxidation sites excluding steroid dienone is 5. The molecule has 0 amide bonds. The van der Waals surface area contributed by atoms with Crippen LogP contribution in [0.15, 0.2) is 59.7 Å². The summed E-state index contributed by atoms with van der Waals surface area (Å²) in [6.45, 7) is 13.5. The highest BCUT2D eigenvalue weighted by molar-refractivity contribution is 6.05. The molecule has 15 atom stereocenters. The third-order valence-corrected chi connectivity index (χ3v) is 21.5. The maximum Gasteiger partial charge on any atom is 0.308 e. The molecule has 12 aliphatic rings. The van der Waals surface area contributed by atoms with E-state index in [2.05, 4.69) is 63.9 Å². The van der Waals surface area contributed by atoms with Crippen LogP contribution in [0.3, 0.4) is 0 Å². The maximum absolute atomic E-state index is 12.7. The van der Waals surface area contributed by atoms with Crippen LogP contribution in [0.5, 0.6) is 11.5 Å². The van der Waals surface area contributed by atoms with Gasteiger partial charge in [-0.3, -0.25) is 24.0 Å². The molecule has 1 aromatic carbocycles. The molecule has 364 valence electrons. The largest absolute Gasteiger partial charge is 0.481 e. The lowest BCUT2D eigenvalue weighted by atomic mass is 9.47. The molecule has 9 nitrogen and oxygen atoms in total. The Labute approximate surface area is 404 Å². The molecule has 0 radical (unpaired) electrons. The average Bonchev–Trinajstić information content (AvgIpc) is 4.00. The smallest absolute Gasteiger partial charge is 0.308 e. The van der Waals surface area contributed by atoms with Gasteiger partial charge in [0.15, 0.2) is 35.0 Å². The number of likely N-dealkylation sites (tertiary alicyclic amines) is 1. The van der Waals surface area contributed by atoms with E-state index in [1.807, 2.05) is 18.2 Å². The van der Waals surface area contributed by atoms with Gasteiger partial charge in [-0.1, -0.05) is 64.0 Å². The van der Waals surface area contributed by atoms with Crippen LogP contribution in [0.2, 0.25) is 0 Å². The number of ether oxygens (including phenoxy) is 3. The number of benzene rings is 1. The second-order valence-corrected chi connectivity index (χ2v) is 24.8. The summed E-state index contributed by atoms with van der Waals surface area (Å²) < 4.78 is 17.5. The summed E-state index contributed by atoms with van der Waals surface area (Å²) in [6, 6.07) is 4.28. The Morgan fingerprint density at radius 1 is 0.750 bits per heavy atom. The Balaban J connectivity index is 0.000000113. The van der Waals surface area contributed by atoms with E-state index in [4.69, 9.17) is 14.2 Å². The number of Topliss-reactive ketones (excluding diaryl/α,β-unsaturated/α-hetero) is 1. The first-order valence-corrected chi connectivity index (χ1v) is 26.7. The number of hydrogen-bond acceptors (Lipinski definition) is 9. The zero-order valence-electron chi connectivity index (χ0n) is 41.8. The summed E-state index contributed by atoms with van der Waals surface area (Å²) in [5, 5.41) is 0. The van der Waals surface area contributed by atoms with Crippen LogP contribution in [0.25, 0.3) is 0 Å². The number of carbonyl (C=O) groups excluding carboxylic acids is 5. The molecule has 2 heterocycles. The first-order valence-electron chi connectivity index (χ1n) is 26.7. The summed E-state index contributed by atoms with van der Waals surface area (Å²) >= 11 is 0. The first kappa shape index (κ1) is 46.3. The van der Waals surface area contributed by atoms with Crippen molar-refractivity contribution < 1.29 is 38.2 Å². The summed E-state index contributed by atoms with van der Waals surface area (Å²) in [4.78, 5) is 61.9. The van der Waals surface area contributed by atoms with Crippen molar-refractivity contribution in [3.05, 3.63) is 70.9 Å². The molecular formula is C59H75NO8. The van der Waals surface area contributed by atoms with Crippen molar-refractivity contribution in [3.8, 4) is 11.5 Å². The fourth-order valence-electron chi connectivity index (χ4n) is 18.2. The van der Waals surface area contributed by atoms with Crippen molar-refractivity contribution in [3.63, 3.8) is 0 Å². The lowest BCUT2D eigenvalue weighted by Gasteiger charge is -2.57. The van der Waals surface area contributed by atoms with Gasteiger partial charge in [0.05, 0.1) is 0 Å². The van der Waals surface area contributed by atoms with Gasteiger partial charge in [0.25, 0.3) is 0 Å². The second-order valence-electron chi connectivity index (χ2n) is 24.8. The van der Waals surface area contributed by atoms with E-state index >= 15 is 0 Å². The lowest BCUT2D eigenvalue weighted by molar-refractivity contribution is -0.152. The molecule has 1 aromatic rings. The van der Waals surface area contributed by atoms with Gasteiger partial charge in [-0.15, -0.1) is 0 Å². The third-order valence-electron chi connectivity index (χ3n) is 21.5. The molecule has 2 bridgehead atoms. The number of rotatable bonds is 2. The molecule has 6 fully saturated rings. The van der Waals surface area contributed by atoms with E-state index in [0.717, 1.165) is 74.0 Å². The van der Waals surface area contributed by atoms with Crippen LogP contribution >= 0.6 is 0 Å². The normalized spacial score (nSPS) is 44.0. The number of ketones is 3. The lowest BCUT2D eigenvalue weighted by Crippen LogP contribution is -2.65. The zero-order valence-corrected chi connectivity index (χ0v) is 41.8. The highest BCUT2D eigenvalue weighted by Crippen LogP contribution is 2.67. The molecule has 10 aliphatic carbocycles. The average molecular weight is 926 g/mol. The minimum Gasteiger partial charge on any atom is -0.481 e. The maximum atomic E-state index is 12.7. The molecular weight excluding hydrogens is 851 g/mol. The van der Waals surface area contributed by atoms with E-state index in [0.29, 0.717) is 70.2 Å². The van der Waals surface area contributed by atoms with E-state index < -0.39 is 6.10 Å². The van der Waals surface area contributed by atoms with Crippen molar-refractivity contribution in [1.82, 2.24) is 4.90 Å². The number of carbonyl (C=O) groups is 5. The monoisotopic (exact) mass is 926 g/mol. The van der Waals surface area contributed by atoms with Gasteiger partial charge in [0, 0.05) is 61.6 Å². The Kier molecular flexibility index (Phi) is 11.2. The van der Waals surface area contributed by atoms with E-state index in [-0.39, 0.29) is 46.4 Å². The Hall–Kier alpha value is -4.11. The fourth-order valence-corrected chi connectivity index (χ4v) is 18.2. The second kappa shape index (κ2) is 16.5. The zero-order chi connectivity index (χ0) is 47.7. The van der Waals surface area contributed by atoms with Gasteiger partial charge < -0.3 is 19.1 Å². The SMILES string of the molecule is CC(=O)Oc1ccc2c3c1O[C@H]1[C@@H](OC(C)=O)C=C[C@H]4[C@@H](C2)N(C)CC[C@@]341.C[C@@]12C=CC[C@H]1[C@@H]1CC(=O)C3=CC(=O)CC[C@]3(C)[C@H]1CC2.C[C@@]12CCC[C@H]1[C@@H]1CCC3=CC(=O)CC[C@]3(C)[C@H]1CC2. The number of hydrogen-bond donors (Lipinski definition) is 0. The van der Waals surface area contributed by atoms with Crippen LogP contribution in [0.4, 0.5) is 0 Å². The van der Waals surface area contributed by atoms with Gasteiger partial charge in [0.2, 0.25) is 0 Å². The molecule has 5 saturated carbocycles. The Morgan fingerprint density at radius 2 is 1.50 bits per heavy atom. The van der Waals surface area contributed by atoms with Crippen molar-refractivity contribution in [2.45, 2.75) is 174 Å². The van der Waals surface area contributed by atoms with Crippen LogP contribution in [0, 0.1) is 63.1 Å². The number of esters is 2. The molecule has 9 heteroatoms. The molecule has 0 unspecified atom stereocenters. The quantitative estimate of drug-likeness (QED) is 0.162. The first-order chi connectivity index (χ1) is 32.4. The molecule has 0 N–H and O–H groups in total. The van der Waals surface area contributed by atoms with Crippen LogP contribution in [0.1, 0.15) is 155 Å². The molecule has 1 spiro atoms. The predicted molar refractivity (Wildman–Crippen MR) is 260 cm³/mol. The minimum atomic E-state index is -0.439. The van der Waals surface area contributed by atoms with Crippen molar-refractivity contribution in [2.75, 3.05) is 13.6 Å². The van der Waals surface area contributed by atoms with Gasteiger partial charge in [-0.05, 0) is 184 Å². The molecule has 0 aromatic heterocycles. The van der Waals surface area contributed by atoms with Crippen molar-refractivity contribution in [1.29, 1.82) is 0 Å². The standard InChI is InChI=1S/C21H23NO5.C19H24O2.C19H28O/c1-11(23)25-16-6-4-13-10-15-14-5-7-17(26-12(2)24)20-21(14,8-9-22(15)3)18(13)19(16)27-20;1-18-7-3-4-14(18)13-11-17(21)16-10-12(20)5-9-19(16,2)15(13)6-8-18;1-18-9-3-4-16(18)15-6-5-13-12-14(20)7-11-19(13,2)17(15)8-10-18/h4-7,14-15,17,20H,8-10H2,1-3H3;3,7,10,13-15H,4-6,8-9,11H2,1-2H3;12,15-17H,3-11H2,1-2H3/t14-,15+,17-,20-,21-;13-,14-,15-,18-,19+;15-,16-,17-,18-,19-/m000/s1. The number of nitrogens with zero attached hydrogens (tertiary/aromatic N) is 1. The van der Waals surface area contributed by atoms with Crippen LogP contribution in [-0.2, 0) is 40.5 Å². The van der Waals surface area contributed by atoms with E-state index in [1.54, 1.807) is 6.08 Å². The van der Waals surface area contributed by atoms with Crippen molar-refractivity contribution >= 4 is 29.3 Å². The molecule has 1 saturated heterocycles. The predicted octanol–water partition coefficient (Wildman–Crippen LogP) is 10.8. The summed E-state index contributed by atoms with van der Waals surface area (Å²) in [7, 11) is 2.17. The van der Waals surface area contributed by atoms with Gasteiger partial charge >= 0.3 is 11.9 Å². The number of fused-ring (bicyclic) bond motifs is 10. The highest BCUT2D eigenvalue weighted by Gasteiger charge is 2.65. The Bertz CT molecular complexity index is 2460.